The fourth-order valence-electron chi connectivity index (χ4n) is 3.55. The smallest absolute Gasteiger partial charge is 0.327 e. The molecule has 7 nitrogen and oxygen atoms in total. The highest BCUT2D eigenvalue weighted by atomic mass is 127. The molecular weight excluding hydrogens is 578 g/mol. The molecule has 0 bridgehead atoms. The highest BCUT2D eigenvalue weighted by Crippen LogP contribution is 2.38. The third-order valence-corrected chi connectivity index (χ3v) is 5.88. The van der Waals surface area contributed by atoms with Gasteiger partial charge >= 0.3 is 9.96 Å². The van der Waals surface area contributed by atoms with Crippen LogP contribution in [0.3, 0.4) is 0 Å². The van der Waals surface area contributed by atoms with Gasteiger partial charge in [-0.2, -0.15) is 8.78 Å². The number of amides is 2. The van der Waals surface area contributed by atoms with Crippen molar-refractivity contribution in [2.75, 3.05) is 20.8 Å². The van der Waals surface area contributed by atoms with Gasteiger partial charge in [0.1, 0.15) is 19.9 Å². The first-order valence-electron chi connectivity index (χ1n) is 10.7. The third kappa shape index (κ3) is 6.19. The first-order chi connectivity index (χ1) is 16.6. The lowest BCUT2D eigenvalue weighted by molar-refractivity contribution is 0.127. The van der Waals surface area contributed by atoms with E-state index >= 15 is 0 Å². The number of urea groups is 1. The summed E-state index contributed by atoms with van der Waals surface area (Å²) in [6, 6.07) is 8.66. The molecule has 0 saturated carbocycles. The Labute approximate surface area is 215 Å². The van der Waals surface area contributed by atoms with Crippen molar-refractivity contribution in [3.63, 3.8) is 0 Å². The van der Waals surface area contributed by atoms with Crippen LogP contribution in [0.5, 0.6) is 11.5 Å². The Bertz CT molecular complexity index is 1150. The van der Waals surface area contributed by atoms with E-state index in [1.165, 1.54) is 38.2 Å². The maximum Gasteiger partial charge on any atom is 0.327 e. The largest absolute Gasteiger partial charge is 0.493 e. The molecule has 1 unspecified atom stereocenters. The van der Waals surface area contributed by atoms with E-state index in [0.29, 0.717) is 40.7 Å². The van der Waals surface area contributed by atoms with E-state index in [1.54, 1.807) is 24.3 Å². The summed E-state index contributed by atoms with van der Waals surface area (Å²) in [6.45, 7) is 3.48. The van der Waals surface area contributed by atoms with Crippen molar-refractivity contribution in [1.29, 1.82) is 0 Å². The summed E-state index contributed by atoms with van der Waals surface area (Å²) in [4.78, 5) is 18.5. The number of hydrogen-bond acceptors (Lipinski definition) is 5. The summed E-state index contributed by atoms with van der Waals surface area (Å²) in [5, 5.41) is 6.67. The molecule has 188 valence electrons. The SMILES string of the molecule is CCN1C(=O)NC(=C\c2ccc(OCc3ccc(C(F)(F)I)cc3C(C)F)c(OC)c2)/C1=N\OC. The Morgan fingerprint density at radius 2 is 1.94 bits per heavy atom. The second kappa shape index (κ2) is 11.2. The number of ether oxygens (including phenoxy) is 2. The van der Waals surface area contributed by atoms with Crippen molar-refractivity contribution in [1.82, 2.24) is 10.2 Å². The number of likely N-dealkylation sites (N-methyl/N-ethyl adjacent to an activating group) is 1. The fraction of sp³-hybridized carbons (Fsp3) is 0.333. The molecule has 1 fully saturated rings. The van der Waals surface area contributed by atoms with Gasteiger partial charge in [-0.25, -0.2) is 9.18 Å². The van der Waals surface area contributed by atoms with Gasteiger partial charge in [-0.05, 0) is 54.8 Å². The molecule has 1 heterocycles. The van der Waals surface area contributed by atoms with Crippen LogP contribution in [-0.2, 0) is 15.4 Å². The van der Waals surface area contributed by atoms with Crippen LogP contribution in [-0.4, -0.2) is 37.5 Å². The van der Waals surface area contributed by atoms with Gasteiger partial charge in [0, 0.05) is 34.7 Å². The molecule has 0 aromatic heterocycles. The van der Waals surface area contributed by atoms with Gasteiger partial charge < -0.3 is 19.6 Å². The number of amidine groups is 1. The Morgan fingerprint density at radius 1 is 1.20 bits per heavy atom. The number of alkyl halides is 4. The number of nitrogens with one attached hydrogen (secondary N) is 1. The lowest BCUT2D eigenvalue weighted by atomic mass is 10.0. The van der Waals surface area contributed by atoms with Gasteiger partial charge in [0.05, 0.1) is 12.8 Å². The number of nitrogens with zero attached hydrogens (tertiary/aromatic N) is 2. The van der Waals surface area contributed by atoms with Gasteiger partial charge in [-0.15, -0.1) is 0 Å². The van der Waals surface area contributed by atoms with Crippen LogP contribution in [0, 0.1) is 0 Å². The Hall–Kier alpha value is -2.96. The molecule has 1 atom stereocenters. The maximum atomic E-state index is 14.2. The highest BCUT2D eigenvalue weighted by molar-refractivity contribution is 14.1. The molecular formula is C24H25F3IN3O4. The standard InChI is InChI=1S/C24H25F3IN3O4/c1-5-31-22(30-34-4)19(29-23(31)32)10-15-6-9-20(21(11-15)33-3)35-13-16-7-8-17(24(26,27)28)12-18(16)14(2)25/h6-12,14H,5,13H2,1-4H3,(H,29,32)/b19-10-,30-22+. The van der Waals surface area contributed by atoms with Crippen LogP contribution in [0.4, 0.5) is 18.0 Å². The third-order valence-electron chi connectivity index (χ3n) is 5.26. The normalized spacial score (nSPS) is 17.0. The lowest BCUT2D eigenvalue weighted by Gasteiger charge is -2.17. The van der Waals surface area contributed by atoms with Crippen molar-refractivity contribution >= 4 is 40.5 Å². The molecule has 1 aliphatic rings. The topological polar surface area (TPSA) is 72.4 Å². The molecule has 0 aliphatic carbocycles. The summed E-state index contributed by atoms with van der Waals surface area (Å²) in [5.41, 5.74) is 1.47. The zero-order valence-corrected chi connectivity index (χ0v) is 21.7. The van der Waals surface area contributed by atoms with Crippen molar-refractivity contribution in [2.24, 2.45) is 5.16 Å². The first kappa shape index (κ1) is 26.6. The predicted octanol–water partition coefficient (Wildman–Crippen LogP) is 6.13. The van der Waals surface area contributed by atoms with Crippen molar-refractivity contribution in [3.05, 3.63) is 64.3 Å². The highest BCUT2D eigenvalue weighted by Gasteiger charge is 2.31. The van der Waals surface area contributed by atoms with Crippen molar-refractivity contribution in [3.8, 4) is 11.5 Å². The summed E-state index contributed by atoms with van der Waals surface area (Å²) in [7, 11) is 2.87. The quantitative estimate of drug-likeness (QED) is 0.213. The summed E-state index contributed by atoms with van der Waals surface area (Å²) in [6.07, 6.45) is 0.263. The molecule has 11 heteroatoms. The van der Waals surface area contributed by atoms with Gasteiger partial charge in [-0.1, -0.05) is 23.4 Å². The van der Waals surface area contributed by atoms with Crippen molar-refractivity contribution < 1.29 is 32.3 Å². The number of halogens is 4. The molecule has 2 aromatic rings. The predicted molar refractivity (Wildman–Crippen MR) is 135 cm³/mol. The minimum absolute atomic E-state index is 0.0420. The zero-order valence-electron chi connectivity index (χ0n) is 19.6. The van der Waals surface area contributed by atoms with E-state index in [-0.39, 0.29) is 23.8 Å². The van der Waals surface area contributed by atoms with Crippen molar-refractivity contribution in [2.45, 2.75) is 30.6 Å². The number of hydrogen-bond donors (Lipinski definition) is 1. The van der Waals surface area contributed by atoms with E-state index < -0.39 is 10.1 Å². The number of carbonyl (C=O) groups is 1. The molecule has 3 rings (SSSR count). The average molecular weight is 603 g/mol. The van der Waals surface area contributed by atoms with Crippen LogP contribution >= 0.6 is 22.6 Å². The van der Waals surface area contributed by atoms with E-state index in [2.05, 4.69) is 10.5 Å². The van der Waals surface area contributed by atoms with E-state index in [0.717, 1.165) is 28.7 Å². The monoisotopic (exact) mass is 603 g/mol. The number of rotatable bonds is 9. The number of methoxy groups -OCH3 is 1. The molecule has 0 spiro atoms. The van der Waals surface area contributed by atoms with Gasteiger partial charge in [0.15, 0.2) is 17.3 Å². The van der Waals surface area contributed by atoms with Crippen LogP contribution in [0.25, 0.3) is 6.08 Å². The van der Waals surface area contributed by atoms with Crippen LogP contribution in [0.1, 0.15) is 42.3 Å². The Morgan fingerprint density at radius 3 is 2.54 bits per heavy atom. The summed E-state index contributed by atoms with van der Waals surface area (Å²) >= 11 is 1.02. The first-order valence-corrected chi connectivity index (χ1v) is 11.7. The van der Waals surface area contributed by atoms with E-state index in [4.69, 9.17) is 14.3 Å². The molecule has 2 amide bonds. The van der Waals surface area contributed by atoms with Crippen LogP contribution in [0.15, 0.2) is 47.3 Å². The summed E-state index contributed by atoms with van der Waals surface area (Å²) in [5.74, 6) is 1.13. The van der Waals surface area contributed by atoms with Crippen LogP contribution < -0.4 is 14.8 Å². The van der Waals surface area contributed by atoms with E-state index in [1.807, 2.05) is 6.92 Å². The minimum Gasteiger partial charge on any atom is -0.493 e. The molecule has 0 radical (unpaired) electrons. The van der Waals surface area contributed by atoms with Gasteiger partial charge in [0.25, 0.3) is 0 Å². The maximum absolute atomic E-state index is 14.2. The number of benzene rings is 2. The van der Waals surface area contributed by atoms with E-state index in [9.17, 15) is 18.0 Å². The fourth-order valence-corrected chi connectivity index (χ4v) is 3.88. The Balaban J connectivity index is 1.84. The molecule has 1 N–H and O–H groups in total. The second-order valence-corrected chi connectivity index (χ2v) is 8.91. The van der Waals surface area contributed by atoms with Crippen LogP contribution in [0.2, 0.25) is 0 Å². The molecule has 35 heavy (non-hydrogen) atoms. The van der Waals surface area contributed by atoms with Gasteiger partial charge in [-0.3, -0.25) is 4.90 Å². The lowest BCUT2D eigenvalue weighted by Crippen LogP contribution is -2.30. The Kier molecular flexibility index (Phi) is 8.51. The number of oxime groups is 1. The molecule has 1 saturated heterocycles. The van der Waals surface area contributed by atoms with Gasteiger partial charge in [0.2, 0.25) is 0 Å². The minimum atomic E-state index is -3.10. The zero-order chi connectivity index (χ0) is 25.8. The molecule has 1 aliphatic heterocycles. The number of carbonyl (C=O) groups excluding carboxylic acids is 1. The summed E-state index contributed by atoms with van der Waals surface area (Å²) < 4.78 is 49.7. The molecule has 2 aromatic carbocycles. The average Bonchev–Trinajstić information content (AvgIpc) is 3.10. The second-order valence-electron chi connectivity index (χ2n) is 7.56.